The zero-order chi connectivity index (χ0) is 18.8. The molecule has 1 unspecified atom stereocenters. The quantitative estimate of drug-likeness (QED) is 0.581. The molecule has 3 aromatic carbocycles. The van der Waals surface area contributed by atoms with Crippen molar-refractivity contribution >= 4 is 28.4 Å². The number of hydrogen-bond donors (Lipinski definition) is 0. The number of amides is 2. The van der Waals surface area contributed by atoms with Crippen molar-refractivity contribution < 1.29 is 14.4 Å². The second-order valence-corrected chi connectivity index (χ2v) is 6.97. The summed E-state index contributed by atoms with van der Waals surface area (Å²) in [6, 6.07) is 18.6. The number of ketones is 1. The maximum atomic E-state index is 13.4. The summed E-state index contributed by atoms with van der Waals surface area (Å²) in [5, 5.41) is 1.89. The molecule has 4 nitrogen and oxygen atoms in total. The Balaban J connectivity index is 1.93. The fourth-order valence-electron chi connectivity index (χ4n) is 4.24. The number of likely N-dealkylation sites (N-methyl/N-ethyl adjacent to an activating group) is 1. The standard InChI is InChI=1S/C23H15NO3/c1-24-21(26)16-8-4-5-9-18(16)23(22(24)27)11-10-20(25)17-12-14-6-2-3-7-15(14)13-19(17)23/h2-13H,1H3. The van der Waals surface area contributed by atoms with Crippen molar-refractivity contribution in [3.05, 3.63) is 95.1 Å². The van der Waals surface area contributed by atoms with Crippen LogP contribution in [-0.2, 0) is 10.2 Å². The number of allylic oxidation sites excluding steroid dienone is 1. The van der Waals surface area contributed by atoms with Crippen LogP contribution in [0.15, 0.2) is 72.8 Å². The molecule has 1 atom stereocenters. The van der Waals surface area contributed by atoms with Crippen LogP contribution in [0.25, 0.3) is 10.8 Å². The molecule has 1 spiro atoms. The maximum Gasteiger partial charge on any atom is 0.260 e. The van der Waals surface area contributed by atoms with Gasteiger partial charge in [0.05, 0.1) is 0 Å². The lowest BCUT2D eigenvalue weighted by Crippen LogP contribution is -2.53. The summed E-state index contributed by atoms with van der Waals surface area (Å²) in [6.45, 7) is 0. The first kappa shape index (κ1) is 15.7. The van der Waals surface area contributed by atoms with Crippen molar-refractivity contribution in [3.63, 3.8) is 0 Å². The van der Waals surface area contributed by atoms with E-state index in [9.17, 15) is 14.4 Å². The molecule has 0 bridgehead atoms. The molecule has 3 aromatic rings. The summed E-state index contributed by atoms with van der Waals surface area (Å²) in [6.07, 6.45) is 3.10. The van der Waals surface area contributed by atoms with E-state index in [1.807, 2.05) is 42.5 Å². The van der Waals surface area contributed by atoms with E-state index in [1.165, 1.54) is 13.1 Å². The van der Waals surface area contributed by atoms with Gasteiger partial charge in [-0.25, -0.2) is 0 Å². The molecule has 2 amide bonds. The van der Waals surface area contributed by atoms with E-state index < -0.39 is 5.41 Å². The predicted octanol–water partition coefficient (Wildman–Crippen LogP) is 3.49. The highest BCUT2D eigenvalue weighted by atomic mass is 16.2. The Labute approximate surface area is 155 Å². The summed E-state index contributed by atoms with van der Waals surface area (Å²) >= 11 is 0. The van der Waals surface area contributed by atoms with Crippen LogP contribution in [0.5, 0.6) is 0 Å². The Kier molecular flexibility index (Phi) is 3.05. The van der Waals surface area contributed by atoms with Gasteiger partial charge >= 0.3 is 0 Å². The van der Waals surface area contributed by atoms with Gasteiger partial charge in [0.1, 0.15) is 5.41 Å². The van der Waals surface area contributed by atoms with E-state index in [0.29, 0.717) is 22.3 Å². The highest BCUT2D eigenvalue weighted by Gasteiger charge is 2.51. The van der Waals surface area contributed by atoms with E-state index in [-0.39, 0.29) is 17.6 Å². The molecule has 27 heavy (non-hydrogen) atoms. The third kappa shape index (κ3) is 1.90. The molecule has 0 fully saturated rings. The first-order valence-corrected chi connectivity index (χ1v) is 8.73. The highest BCUT2D eigenvalue weighted by molar-refractivity contribution is 6.19. The van der Waals surface area contributed by atoms with Gasteiger partial charge in [-0.3, -0.25) is 19.3 Å². The Morgan fingerprint density at radius 2 is 1.44 bits per heavy atom. The van der Waals surface area contributed by atoms with Gasteiger partial charge in [-0.2, -0.15) is 0 Å². The van der Waals surface area contributed by atoms with Gasteiger partial charge in [-0.05, 0) is 46.2 Å². The summed E-state index contributed by atoms with van der Waals surface area (Å²) in [7, 11) is 1.49. The van der Waals surface area contributed by atoms with Gasteiger partial charge < -0.3 is 0 Å². The largest absolute Gasteiger partial charge is 0.289 e. The third-order valence-corrected chi connectivity index (χ3v) is 5.59. The Bertz CT molecular complexity index is 1210. The van der Waals surface area contributed by atoms with Crippen LogP contribution in [0.1, 0.15) is 31.8 Å². The van der Waals surface area contributed by atoms with Crippen molar-refractivity contribution in [2.75, 3.05) is 7.05 Å². The molecule has 0 aromatic heterocycles. The van der Waals surface area contributed by atoms with Crippen LogP contribution in [-0.4, -0.2) is 29.5 Å². The summed E-state index contributed by atoms with van der Waals surface area (Å²) < 4.78 is 0. The Morgan fingerprint density at radius 3 is 2.22 bits per heavy atom. The van der Waals surface area contributed by atoms with Gasteiger partial charge in [-0.1, -0.05) is 48.5 Å². The summed E-state index contributed by atoms with van der Waals surface area (Å²) in [5.74, 6) is -0.799. The molecule has 4 heteroatoms. The Morgan fingerprint density at radius 1 is 0.778 bits per heavy atom. The van der Waals surface area contributed by atoms with E-state index in [1.54, 1.807) is 24.3 Å². The molecule has 1 heterocycles. The van der Waals surface area contributed by atoms with Gasteiger partial charge in [0.15, 0.2) is 5.78 Å². The average Bonchev–Trinajstić information content (AvgIpc) is 2.71. The molecule has 0 radical (unpaired) electrons. The first-order chi connectivity index (χ1) is 13.0. The van der Waals surface area contributed by atoms with Crippen LogP contribution in [0, 0.1) is 0 Å². The molecule has 1 aliphatic carbocycles. The molecule has 2 aliphatic rings. The maximum absolute atomic E-state index is 13.4. The molecule has 0 saturated heterocycles. The van der Waals surface area contributed by atoms with Crippen molar-refractivity contribution in [2.24, 2.45) is 0 Å². The minimum Gasteiger partial charge on any atom is -0.289 e. The van der Waals surface area contributed by atoms with Crippen molar-refractivity contribution in [1.82, 2.24) is 4.90 Å². The molecule has 130 valence electrons. The van der Waals surface area contributed by atoms with E-state index in [0.717, 1.165) is 15.7 Å². The molecule has 0 N–H and O–H groups in total. The third-order valence-electron chi connectivity index (χ3n) is 5.59. The van der Waals surface area contributed by atoms with Gasteiger partial charge in [0.25, 0.3) is 5.91 Å². The number of nitrogens with zero attached hydrogens (tertiary/aromatic N) is 1. The van der Waals surface area contributed by atoms with Gasteiger partial charge in [0, 0.05) is 18.2 Å². The normalized spacial score (nSPS) is 20.9. The van der Waals surface area contributed by atoms with Crippen molar-refractivity contribution in [3.8, 4) is 0 Å². The fourth-order valence-corrected chi connectivity index (χ4v) is 4.24. The van der Waals surface area contributed by atoms with E-state index in [4.69, 9.17) is 0 Å². The second-order valence-electron chi connectivity index (χ2n) is 6.97. The smallest absolute Gasteiger partial charge is 0.260 e. The number of hydrogen-bond acceptors (Lipinski definition) is 3. The van der Waals surface area contributed by atoms with Gasteiger partial charge in [0.2, 0.25) is 5.91 Å². The molecular weight excluding hydrogens is 338 g/mol. The predicted molar refractivity (Wildman–Crippen MR) is 102 cm³/mol. The number of rotatable bonds is 0. The zero-order valence-corrected chi connectivity index (χ0v) is 14.6. The SMILES string of the molecule is CN1C(=O)c2ccccc2C2(C=CC(=O)c3cc4ccccc4cc32)C1=O. The van der Waals surface area contributed by atoms with Crippen LogP contribution >= 0.6 is 0 Å². The van der Waals surface area contributed by atoms with Crippen LogP contribution in [0.2, 0.25) is 0 Å². The minimum absolute atomic E-state index is 0.133. The van der Waals surface area contributed by atoms with Crippen molar-refractivity contribution in [1.29, 1.82) is 0 Å². The number of imide groups is 1. The Hall–Kier alpha value is -3.53. The van der Waals surface area contributed by atoms with E-state index >= 15 is 0 Å². The monoisotopic (exact) mass is 353 g/mol. The lowest BCUT2D eigenvalue weighted by molar-refractivity contribution is -0.131. The summed E-state index contributed by atoms with van der Waals surface area (Å²) in [4.78, 5) is 39.9. The molecule has 5 rings (SSSR count). The fraction of sp³-hybridized carbons (Fsp3) is 0.0870. The lowest BCUT2D eigenvalue weighted by atomic mass is 9.65. The number of benzene rings is 3. The number of carbonyl (C=O) groups excluding carboxylic acids is 3. The van der Waals surface area contributed by atoms with Crippen molar-refractivity contribution in [2.45, 2.75) is 5.41 Å². The van der Waals surface area contributed by atoms with E-state index in [2.05, 4.69) is 0 Å². The first-order valence-electron chi connectivity index (χ1n) is 8.73. The molecular formula is C23H15NO3. The van der Waals surface area contributed by atoms with Gasteiger partial charge in [-0.15, -0.1) is 0 Å². The zero-order valence-electron chi connectivity index (χ0n) is 14.6. The van der Waals surface area contributed by atoms with Crippen LogP contribution in [0.4, 0.5) is 0 Å². The van der Waals surface area contributed by atoms with Crippen LogP contribution < -0.4 is 0 Å². The average molecular weight is 353 g/mol. The topological polar surface area (TPSA) is 54.5 Å². The highest BCUT2D eigenvalue weighted by Crippen LogP contribution is 2.45. The van der Waals surface area contributed by atoms with Crippen LogP contribution in [0.3, 0.4) is 0 Å². The molecule has 1 aliphatic heterocycles. The minimum atomic E-state index is -1.17. The number of fused-ring (bicyclic) bond motifs is 5. The summed E-state index contributed by atoms with van der Waals surface area (Å²) in [5.41, 5.74) is 1.07. The second kappa shape index (κ2) is 5.24. The number of carbonyl (C=O) groups is 3. The molecule has 0 saturated carbocycles. The lowest BCUT2D eigenvalue weighted by Gasteiger charge is -2.41.